The molecule has 0 unspecified atom stereocenters. The lowest BCUT2D eigenvalue weighted by atomic mass is 9.96. The number of amides is 1. The van der Waals surface area contributed by atoms with Gasteiger partial charge in [-0.05, 0) is 36.8 Å². The van der Waals surface area contributed by atoms with Crippen LogP contribution in [0.5, 0.6) is 0 Å². The summed E-state index contributed by atoms with van der Waals surface area (Å²) < 4.78 is 5.35. The molecule has 0 aliphatic carbocycles. The number of nitriles is 1. The molecule has 1 N–H and O–H groups in total. The number of carbonyl (C=O) groups is 2. The summed E-state index contributed by atoms with van der Waals surface area (Å²) in [5.41, 5.74) is 2.18. The number of nitrogens with one attached hydrogen (secondary N) is 1. The van der Waals surface area contributed by atoms with Gasteiger partial charge in [-0.1, -0.05) is 48.0 Å². The minimum atomic E-state index is -1.07. The highest BCUT2D eigenvalue weighted by atomic mass is 35.5. The van der Waals surface area contributed by atoms with Crippen molar-refractivity contribution in [2.45, 2.75) is 13.0 Å². The topological polar surface area (TPSA) is 92.1 Å². The van der Waals surface area contributed by atoms with E-state index in [1.165, 1.54) is 13.1 Å². The van der Waals surface area contributed by atoms with E-state index in [0.29, 0.717) is 22.4 Å². The number of anilines is 1. The number of hydrogen-bond acceptors (Lipinski definition) is 5. The summed E-state index contributed by atoms with van der Waals surface area (Å²) in [4.78, 5) is 29.0. The Balaban J connectivity index is 1.80. The molecule has 29 heavy (non-hydrogen) atoms. The van der Waals surface area contributed by atoms with Crippen LogP contribution in [0.15, 0.2) is 66.9 Å². The molecule has 6 nitrogen and oxygen atoms in total. The Kier molecular flexibility index (Phi) is 6.22. The van der Waals surface area contributed by atoms with E-state index in [1.807, 2.05) is 0 Å². The normalized spacial score (nSPS) is 11.2. The van der Waals surface area contributed by atoms with E-state index in [0.717, 1.165) is 0 Å². The van der Waals surface area contributed by atoms with Crippen molar-refractivity contribution >= 4 is 29.2 Å². The summed E-state index contributed by atoms with van der Waals surface area (Å²) in [5, 5.41) is 12.1. The highest BCUT2D eigenvalue weighted by Gasteiger charge is 2.22. The average molecular weight is 406 g/mol. The fraction of sp³-hybridized carbons (Fsp3) is 0.0909. The SMILES string of the molecule is C[C@H](OC(=O)c1ccccc1-c1ccccc1C#N)C(=O)Nc1cccnc1Cl. The van der Waals surface area contributed by atoms with E-state index in [1.54, 1.807) is 60.7 Å². The van der Waals surface area contributed by atoms with E-state index < -0.39 is 18.0 Å². The maximum atomic E-state index is 12.7. The minimum Gasteiger partial charge on any atom is -0.449 e. The van der Waals surface area contributed by atoms with Crippen molar-refractivity contribution < 1.29 is 14.3 Å². The third-order valence-corrected chi connectivity index (χ3v) is 4.46. The molecule has 1 atom stereocenters. The summed E-state index contributed by atoms with van der Waals surface area (Å²) in [5.74, 6) is -1.21. The highest BCUT2D eigenvalue weighted by molar-refractivity contribution is 6.32. The van der Waals surface area contributed by atoms with Gasteiger partial charge in [0.2, 0.25) is 0 Å². The van der Waals surface area contributed by atoms with Crippen LogP contribution in [0.3, 0.4) is 0 Å². The lowest BCUT2D eigenvalue weighted by molar-refractivity contribution is -0.123. The Morgan fingerprint density at radius 2 is 1.76 bits per heavy atom. The van der Waals surface area contributed by atoms with Crippen LogP contribution in [-0.4, -0.2) is 23.0 Å². The third-order valence-electron chi connectivity index (χ3n) is 4.15. The lowest BCUT2D eigenvalue weighted by Crippen LogP contribution is -2.30. The Labute approximate surface area is 172 Å². The van der Waals surface area contributed by atoms with Crippen LogP contribution in [0.1, 0.15) is 22.8 Å². The molecule has 0 radical (unpaired) electrons. The molecule has 1 amide bonds. The number of carbonyl (C=O) groups excluding carboxylic acids is 2. The molecule has 0 fully saturated rings. The number of rotatable bonds is 5. The first-order valence-electron chi connectivity index (χ1n) is 8.72. The Morgan fingerprint density at radius 3 is 2.48 bits per heavy atom. The highest BCUT2D eigenvalue weighted by Crippen LogP contribution is 2.27. The molecular weight excluding hydrogens is 390 g/mol. The zero-order valence-corrected chi connectivity index (χ0v) is 16.2. The van der Waals surface area contributed by atoms with Crippen LogP contribution in [0.4, 0.5) is 5.69 Å². The first-order valence-corrected chi connectivity index (χ1v) is 9.10. The van der Waals surface area contributed by atoms with Crippen LogP contribution in [-0.2, 0) is 9.53 Å². The molecule has 144 valence electrons. The number of aromatic nitrogens is 1. The van der Waals surface area contributed by atoms with Gasteiger partial charge in [0.1, 0.15) is 0 Å². The van der Waals surface area contributed by atoms with Gasteiger partial charge in [-0.2, -0.15) is 5.26 Å². The molecule has 3 aromatic rings. The quantitative estimate of drug-likeness (QED) is 0.499. The number of nitrogens with zero attached hydrogens (tertiary/aromatic N) is 2. The van der Waals surface area contributed by atoms with Gasteiger partial charge in [-0.15, -0.1) is 0 Å². The van der Waals surface area contributed by atoms with E-state index >= 15 is 0 Å². The number of ether oxygens (including phenoxy) is 1. The third kappa shape index (κ3) is 4.60. The van der Waals surface area contributed by atoms with E-state index in [-0.39, 0.29) is 10.7 Å². The largest absolute Gasteiger partial charge is 0.449 e. The van der Waals surface area contributed by atoms with Crippen molar-refractivity contribution in [1.82, 2.24) is 4.98 Å². The predicted molar refractivity (Wildman–Crippen MR) is 109 cm³/mol. The number of pyridine rings is 1. The summed E-state index contributed by atoms with van der Waals surface area (Å²) in [6, 6.07) is 19.1. The van der Waals surface area contributed by atoms with Crippen molar-refractivity contribution in [3.8, 4) is 17.2 Å². The number of benzene rings is 2. The summed E-state index contributed by atoms with van der Waals surface area (Å²) >= 11 is 5.93. The molecule has 2 aromatic carbocycles. The zero-order chi connectivity index (χ0) is 20.8. The average Bonchev–Trinajstić information content (AvgIpc) is 2.75. The molecule has 0 saturated heterocycles. The van der Waals surface area contributed by atoms with Crippen LogP contribution in [0.25, 0.3) is 11.1 Å². The molecule has 3 rings (SSSR count). The fourth-order valence-electron chi connectivity index (χ4n) is 2.70. The van der Waals surface area contributed by atoms with Gasteiger partial charge >= 0.3 is 5.97 Å². The summed E-state index contributed by atoms with van der Waals surface area (Å²) in [6.07, 6.45) is 0.426. The molecule has 0 bridgehead atoms. The minimum absolute atomic E-state index is 0.137. The molecule has 0 spiro atoms. The second-order valence-corrected chi connectivity index (χ2v) is 6.44. The predicted octanol–water partition coefficient (Wildman–Crippen LogP) is 4.46. The van der Waals surface area contributed by atoms with E-state index in [2.05, 4.69) is 16.4 Å². The van der Waals surface area contributed by atoms with Crippen molar-refractivity contribution in [3.05, 3.63) is 83.1 Å². The van der Waals surface area contributed by atoms with Crippen molar-refractivity contribution in [2.24, 2.45) is 0 Å². The maximum Gasteiger partial charge on any atom is 0.339 e. The van der Waals surface area contributed by atoms with Gasteiger partial charge in [-0.3, -0.25) is 4.79 Å². The Bertz CT molecular complexity index is 1110. The second-order valence-electron chi connectivity index (χ2n) is 6.08. The first kappa shape index (κ1) is 20.1. The van der Waals surface area contributed by atoms with Crippen molar-refractivity contribution in [2.75, 3.05) is 5.32 Å². The summed E-state index contributed by atoms with van der Waals surface area (Å²) in [6.45, 7) is 1.46. The smallest absolute Gasteiger partial charge is 0.339 e. The molecule has 0 saturated carbocycles. The monoisotopic (exact) mass is 405 g/mol. The first-order chi connectivity index (χ1) is 14.0. The van der Waals surface area contributed by atoms with Gasteiger partial charge in [-0.25, -0.2) is 9.78 Å². The van der Waals surface area contributed by atoms with Gasteiger partial charge in [0, 0.05) is 11.8 Å². The van der Waals surface area contributed by atoms with E-state index in [4.69, 9.17) is 16.3 Å². The van der Waals surface area contributed by atoms with Gasteiger partial charge < -0.3 is 10.1 Å². The van der Waals surface area contributed by atoms with Gasteiger partial charge in [0.25, 0.3) is 5.91 Å². The second kappa shape index (κ2) is 9.00. The van der Waals surface area contributed by atoms with Crippen LogP contribution < -0.4 is 5.32 Å². The van der Waals surface area contributed by atoms with Gasteiger partial charge in [0.15, 0.2) is 11.3 Å². The van der Waals surface area contributed by atoms with Crippen LogP contribution in [0.2, 0.25) is 5.15 Å². The van der Waals surface area contributed by atoms with Gasteiger partial charge in [0.05, 0.1) is 22.9 Å². The fourth-order valence-corrected chi connectivity index (χ4v) is 2.87. The standard InChI is InChI=1S/C22H16ClN3O3/c1-14(21(27)26-19-11-6-12-25-20(19)23)29-22(28)18-10-5-4-9-17(18)16-8-3-2-7-15(16)13-24/h2-12,14H,1H3,(H,26,27)/t14-/m0/s1. The number of halogens is 1. The summed E-state index contributed by atoms with van der Waals surface area (Å²) in [7, 11) is 0. The maximum absolute atomic E-state index is 12.7. The zero-order valence-electron chi connectivity index (χ0n) is 15.4. The molecule has 0 aliphatic rings. The Hall–Kier alpha value is -3.69. The molecule has 1 aromatic heterocycles. The van der Waals surface area contributed by atoms with Crippen LogP contribution in [0, 0.1) is 11.3 Å². The number of esters is 1. The van der Waals surface area contributed by atoms with Crippen molar-refractivity contribution in [3.63, 3.8) is 0 Å². The lowest BCUT2D eigenvalue weighted by Gasteiger charge is -2.16. The van der Waals surface area contributed by atoms with Crippen LogP contribution >= 0.6 is 11.6 Å². The molecule has 7 heteroatoms. The van der Waals surface area contributed by atoms with Crippen molar-refractivity contribution in [1.29, 1.82) is 5.26 Å². The molecular formula is C22H16ClN3O3. The number of hydrogen-bond donors (Lipinski definition) is 1. The molecule has 1 heterocycles. The molecule has 0 aliphatic heterocycles. The van der Waals surface area contributed by atoms with E-state index in [9.17, 15) is 14.9 Å². The Morgan fingerprint density at radius 1 is 1.07 bits per heavy atom.